The molecule has 3 aromatic rings. The smallest absolute Gasteiger partial charge is 0.179 e. The molecular weight excluding hydrogens is 352 g/mol. The van der Waals surface area contributed by atoms with Gasteiger partial charge in [-0.1, -0.05) is 12.1 Å². The van der Waals surface area contributed by atoms with Crippen LogP contribution in [-0.2, 0) is 6.54 Å². The molecule has 0 atom stereocenters. The second-order valence-electron chi connectivity index (χ2n) is 6.34. The summed E-state index contributed by atoms with van der Waals surface area (Å²) in [5, 5.41) is 18.8. The molecule has 2 heterocycles. The van der Waals surface area contributed by atoms with Crippen molar-refractivity contribution in [1.82, 2.24) is 9.55 Å². The van der Waals surface area contributed by atoms with E-state index < -0.39 is 0 Å². The Morgan fingerprint density at radius 2 is 1.68 bits per heavy atom. The lowest BCUT2D eigenvalue weighted by molar-refractivity contribution is 0.349. The van der Waals surface area contributed by atoms with Crippen molar-refractivity contribution in [1.29, 1.82) is 10.5 Å². The molecule has 28 heavy (non-hydrogen) atoms. The molecular formula is C22H20N4O2. The van der Waals surface area contributed by atoms with E-state index in [2.05, 4.69) is 21.7 Å². The fourth-order valence-corrected chi connectivity index (χ4v) is 3.45. The zero-order valence-corrected chi connectivity index (χ0v) is 16.3. The van der Waals surface area contributed by atoms with Gasteiger partial charge < -0.3 is 14.0 Å². The molecule has 0 aliphatic heterocycles. The number of aromatic nitrogens is 2. The molecule has 140 valence electrons. The second-order valence-corrected chi connectivity index (χ2v) is 6.34. The van der Waals surface area contributed by atoms with E-state index in [0.29, 0.717) is 29.2 Å². The molecule has 6 heteroatoms. The molecule has 0 aliphatic carbocycles. The van der Waals surface area contributed by atoms with Crippen molar-refractivity contribution in [2.45, 2.75) is 20.4 Å². The third-order valence-corrected chi connectivity index (χ3v) is 4.89. The minimum absolute atomic E-state index is 0.496. The molecule has 0 unspecified atom stereocenters. The third kappa shape index (κ3) is 3.17. The SMILES string of the molecule is COc1cncc(Cn2c(C)c(C#N)c(-c3ccc(C#N)cc3)c2C)c1OC. The number of pyridine rings is 1. The van der Waals surface area contributed by atoms with Crippen LogP contribution < -0.4 is 9.47 Å². The number of nitrogens with zero attached hydrogens (tertiary/aromatic N) is 4. The molecule has 0 spiro atoms. The van der Waals surface area contributed by atoms with E-state index in [0.717, 1.165) is 28.1 Å². The quantitative estimate of drug-likeness (QED) is 0.676. The van der Waals surface area contributed by atoms with Crippen LogP contribution >= 0.6 is 0 Å². The summed E-state index contributed by atoms with van der Waals surface area (Å²) in [6.45, 7) is 4.41. The fourth-order valence-electron chi connectivity index (χ4n) is 3.45. The Balaban J connectivity index is 2.13. The number of hydrogen-bond donors (Lipinski definition) is 0. The van der Waals surface area contributed by atoms with Crippen LogP contribution in [0.1, 0.15) is 28.1 Å². The molecule has 2 aromatic heterocycles. The van der Waals surface area contributed by atoms with Gasteiger partial charge in [0.25, 0.3) is 0 Å². The number of hydrogen-bond acceptors (Lipinski definition) is 5. The summed E-state index contributed by atoms with van der Waals surface area (Å²) in [6, 6.07) is 11.7. The molecule has 0 bridgehead atoms. The predicted molar refractivity (Wildman–Crippen MR) is 105 cm³/mol. The van der Waals surface area contributed by atoms with Gasteiger partial charge in [-0.25, -0.2) is 0 Å². The molecule has 0 aliphatic rings. The standard InChI is InChI=1S/C22H20N4O2/c1-14-19(10-24)21(17-7-5-16(9-23)6-8-17)15(2)26(14)13-18-11-25-12-20(27-3)22(18)28-4/h5-8,11-12H,13H2,1-4H3. The van der Waals surface area contributed by atoms with Crippen LogP contribution in [0.5, 0.6) is 11.5 Å². The third-order valence-electron chi connectivity index (χ3n) is 4.89. The molecule has 6 nitrogen and oxygen atoms in total. The van der Waals surface area contributed by atoms with E-state index in [1.54, 1.807) is 38.7 Å². The van der Waals surface area contributed by atoms with Crippen molar-refractivity contribution in [3.8, 4) is 34.8 Å². The van der Waals surface area contributed by atoms with Gasteiger partial charge >= 0.3 is 0 Å². The summed E-state index contributed by atoms with van der Waals surface area (Å²) in [5.41, 5.74) is 5.68. The van der Waals surface area contributed by atoms with Crippen LogP contribution in [-0.4, -0.2) is 23.8 Å². The second kappa shape index (κ2) is 7.85. The first-order valence-corrected chi connectivity index (χ1v) is 8.70. The summed E-state index contributed by atoms with van der Waals surface area (Å²) in [6.07, 6.45) is 3.36. The minimum atomic E-state index is 0.496. The lowest BCUT2D eigenvalue weighted by Crippen LogP contribution is -2.07. The molecule has 0 saturated heterocycles. The van der Waals surface area contributed by atoms with Gasteiger partial charge in [0, 0.05) is 28.7 Å². The van der Waals surface area contributed by atoms with Gasteiger partial charge in [-0.3, -0.25) is 4.98 Å². The topological polar surface area (TPSA) is 83.9 Å². The number of nitriles is 2. The van der Waals surface area contributed by atoms with Crippen molar-refractivity contribution >= 4 is 0 Å². The Labute approximate surface area is 164 Å². The first-order chi connectivity index (χ1) is 13.5. The van der Waals surface area contributed by atoms with Gasteiger partial charge in [0.15, 0.2) is 11.5 Å². The van der Waals surface area contributed by atoms with Crippen LogP contribution in [0.2, 0.25) is 0 Å². The van der Waals surface area contributed by atoms with Gasteiger partial charge in [0.2, 0.25) is 0 Å². The summed E-state index contributed by atoms with van der Waals surface area (Å²) >= 11 is 0. The summed E-state index contributed by atoms with van der Waals surface area (Å²) < 4.78 is 12.9. The summed E-state index contributed by atoms with van der Waals surface area (Å²) in [7, 11) is 3.17. The monoisotopic (exact) mass is 372 g/mol. The molecule has 0 N–H and O–H groups in total. The van der Waals surface area contributed by atoms with Gasteiger partial charge in [0.05, 0.1) is 44.2 Å². The van der Waals surface area contributed by atoms with Crippen LogP contribution in [0.25, 0.3) is 11.1 Å². The highest BCUT2D eigenvalue weighted by Crippen LogP contribution is 2.35. The molecule has 3 rings (SSSR count). The maximum Gasteiger partial charge on any atom is 0.179 e. The highest BCUT2D eigenvalue weighted by molar-refractivity contribution is 5.75. The Hall–Kier alpha value is -3.77. The molecule has 0 amide bonds. The van der Waals surface area contributed by atoms with Crippen molar-refractivity contribution in [3.05, 3.63) is 64.7 Å². The van der Waals surface area contributed by atoms with Crippen molar-refractivity contribution in [2.24, 2.45) is 0 Å². The maximum atomic E-state index is 9.78. The van der Waals surface area contributed by atoms with E-state index in [-0.39, 0.29) is 0 Å². The lowest BCUT2D eigenvalue weighted by atomic mass is 10.0. The average molecular weight is 372 g/mol. The number of rotatable bonds is 5. The lowest BCUT2D eigenvalue weighted by Gasteiger charge is -2.15. The number of benzene rings is 1. The van der Waals surface area contributed by atoms with Crippen LogP contribution in [0.4, 0.5) is 0 Å². The van der Waals surface area contributed by atoms with E-state index in [1.807, 2.05) is 26.0 Å². The summed E-state index contributed by atoms with van der Waals surface area (Å²) in [4.78, 5) is 4.23. The summed E-state index contributed by atoms with van der Waals surface area (Å²) in [5.74, 6) is 1.19. The van der Waals surface area contributed by atoms with Crippen molar-refractivity contribution in [2.75, 3.05) is 14.2 Å². The van der Waals surface area contributed by atoms with Gasteiger partial charge in [-0.2, -0.15) is 10.5 Å². The van der Waals surface area contributed by atoms with Crippen LogP contribution in [0, 0.1) is 36.5 Å². The Bertz CT molecular complexity index is 1100. The average Bonchev–Trinajstić information content (AvgIpc) is 2.97. The van der Waals surface area contributed by atoms with Crippen LogP contribution in [0.3, 0.4) is 0 Å². The van der Waals surface area contributed by atoms with Crippen molar-refractivity contribution in [3.63, 3.8) is 0 Å². The van der Waals surface area contributed by atoms with Gasteiger partial charge in [0.1, 0.15) is 6.07 Å². The Morgan fingerprint density at radius 3 is 2.25 bits per heavy atom. The van der Waals surface area contributed by atoms with Gasteiger partial charge in [-0.05, 0) is 31.5 Å². The van der Waals surface area contributed by atoms with E-state index in [9.17, 15) is 5.26 Å². The van der Waals surface area contributed by atoms with Crippen LogP contribution in [0.15, 0.2) is 36.7 Å². The largest absolute Gasteiger partial charge is 0.492 e. The number of methoxy groups -OCH3 is 2. The maximum absolute atomic E-state index is 9.78. The number of ether oxygens (including phenoxy) is 2. The van der Waals surface area contributed by atoms with E-state index in [1.165, 1.54) is 0 Å². The molecule has 0 radical (unpaired) electrons. The normalized spacial score (nSPS) is 10.2. The molecule has 0 saturated carbocycles. The molecule has 1 aromatic carbocycles. The Morgan fingerprint density at radius 1 is 0.964 bits per heavy atom. The minimum Gasteiger partial charge on any atom is -0.492 e. The van der Waals surface area contributed by atoms with E-state index >= 15 is 0 Å². The van der Waals surface area contributed by atoms with E-state index in [4.69, 9.17) is 14.7 Å². The highest BCUT2D eigenvalue weighted by atomic mass is 16.5. The zero-order chi connectivity index (χ0) is 20.3. The Kier molecular flexibility index (Phi) is 5.33. The first kappa shape index (κ1) is 19.0. The van der Waals surface area contributed by atoms with Crippen molar-refractivity contribution < 1.29 is 9.47 Å². The molecule has 0 fully saturated rings. The fraction of sp³-hybridized carbons (Fsp3) is 0.227. The zero-order valence-electron chi connectivity index (χ0n) is 16.3. The first-order valence-electron chi connectivity index (χ1n) is 8.70. The predicted octanol–water partition coefficient (Wildman–Crippen LogP) is 3.98. The van der Waals surface area contributed by atoms with Gasteiger partial charge in [-0.15, -0.1) is 0 Å². The highest BCUT2D eigenvalue weighted by Gasteiger charge is 2.21.